The fourth-order valence-corrected chi connectivity index (χ4v) is 0.599. The maximum absolute atomic E-state index is 9.71. The molecule has 0 saturated heterocycles. The molecule has 0 bridgehead atoms. The second-order valence-corrected chi connectivity index (χ2v) is 1.93. The van der Waals surface area contributed by atoms with Crippen molar-refractivity contribution < 1.29 is 4.79 Å². The summed E-state index contributed by atoms with van der Waals surface area (Å²) in [7, 11) is 0. The second-order valence-electron chi connectivity index (χ2n) is 1.54. The average Bonchev–Trinajstić information content (AvgIpc) is 1.95. The van der Waals surface area contributed by atoms with Gasteiger partial charge in [0.25, 0.3) is 0 Å². The van der Waals surface area contributed by atoms with E-state index in [1.807, 2.05) is 0 Å². The Labute approximate surface area is 62.4 Å². The summed E-state index contributed by atoms with van der Waals surface area (Å²) in [6.07, 6.45) is 2.79. The highest BCUT2D eigenvalue weighted by Crippen LogP contribution is 2.11. The van der Waals surface area contributed by atoms with Crippen molar-refractivity contribution >= 4 is 23.4 Å². The highest BCUT2D eigenvalue weighted by molar-refractivity contribution is 6.29. The molecular formula is C6H3ClN2O. The predicted octanol–water partition coefficient (Wildman–Crippen LogP) is 1.70. The van der Waals surface area contributed by atoms with Gasteiger partial charge in [-0.15, -0.1) is 0 Å². The molecule has 0 N–H and O–H groups in total. The van der Waals surface area contributed by atoms with E-state index in [0.29, 0.717) is 10.8 Å². The lowest BCUT2D eigenvalue weighted by Crippen LogP contribution is -1.70. The number of hydrogen-bond acceptors (Lipinski definition) is 3. The monoisotopic (exact) mass is 154 g/mol. The van der Waals surface area contributed by atoms with E-state index in [2.05, 4.69) is 9.98 Å². The first-order chi connectivity index (χ1) is 4.83. The molecule has 4 heteroatoms. The third-order valence-electron chi connectivity index (χ3n) is 0.887. The van der Waals surface area contributed by atoms with E-state index in [1.54, 1.807) is 12.1 Å². The highest BCUT2D eigenvalue weighted by Gasteiger charge is 1.88. The van der Waals surface area contributed by atoms with Crippen LogP contribution in [0.25, 0.3) is 0 Å². The summed E-state index contributed by atoms with van der Waals surface area (Å²) >= 11 is 5.46. The summed E-state index contributed by atoms with van der Waals surface area (Å²) in [5, 5.41) is 0.379. The van der Waals surface area contributed by atoms with Crippen LogP contribution in [0, 0.1) is 0 Å². The van der Waals surface area contributed by atoms with Crippen molar-refractivity contribution in [2.45, 2.75) is 0 Å². The Hall–Kier alpha value is -1.18. The van der Waals surface area contributed by atoms with Gasteiger partial charge in [0.05, 0.1) is 11.9 Å². The van der Waals surface area contributed by atoms with Crippen LogP contribution in [0.4, 0.5) is 5.69 Å². The van der Waals surface area contributed by atoms with E-state index in [4.69, 9.17) is 11.6 Å². The topological polar surface area (TPSA) is 42.3 Å². The lowest BCUT2D eigenvalue weighted by atomic mass is 10.4. The zero-order valence-electron chi connectivity index (χ0n) is 4.91. The molecule has 0 aliphatic rings. The van der Waals surface area contributed by atoms with Gasteiger partial charge in [-0.3, -0.25) is 0 Å². The molecule has 0 aliphatic carbocycles. The van der Waals surface area contributed by atoms with Crippen LogP contribution in [0.5, 0.6) is 0 Å². The van der Waals surface area contributed by atoms with Gasteiger partial charge < -0.3 is 0 Å². The van der Waals surface area contributed by atoms with E-state index in [9.17, 15) is 4.79 Å². The van der Waals surface area contributed by atoms with Gasteiger partial charge in [-0.1, -0.05) is 11.6 Å². The highest BCUT2D eigenvalue weighted by atomic mass is 35.5. The number of pyridine rings is 1. The number of carbonyl (C=O) groups excluding carboxylic acids is 1. The van der Waals surface area contributed by atoms with Gasteiger partial charge in [0.15, 0.2) is 0 Å². The molecule has 0 fully saturated rings. The lowest BCUT2D eigenvalue weighted by Gasteiger charge is -1.87. The molecule has 50 valence electrons. The van der Waals surface area contributed by atoms with Crippen molar-refractivity contribution in [1.82, 2.24) is 4.98 Å². The molecule has 0 amide bonds. The molecule has 1 aromatic rings. The summed E-state index contributed by atoms with van der Waals surface area (Å²) in [5.74, 6) is 0. The Balaban J connectivity index is 3.00. The summed E-state index contributed by atoms with van der Waals surface area (Å²) in [6, 6.07) is 3.14. The van der Waals surface area contributed by atoms with Crippen molar-refractivity contribution in [3.05, 3.63) is 23.5 Å². The summed E-state index contributed by atoms with van der Waals surface area (Å²) in [6.45, 7) is 0. The third-order valence-corrected chi connectivity index (χ3v) is 1.11. The minimum absolute atomic E-state index is 0.379. The predicted molar refractivity (Wildman–Crippen MR) is 37.0 cm³/mol. The molecule has 3 nitrogen and oxygen atoms in total. The van der Waals surface area contributed by atoms with Gasteiger partial charge in [0.2, 0.25) is 6.08 Å². The lowest BCUT2D eigenvalue weighted by molar-refractivity contribution is 0.565. The number of halogens is 1. The Kier molecular flexibility index (Phi) is 2.15. The minimum atomic E-state index is 0.379. The molecule has 0 spiro atoms. The van der Waals surface area contributed by atoms with Crippen LogP contribution in [0.15, 0.2) is 23.3 Å². The summed E-state index contributed by atoms with van der Waals surface area (Å²) in [4.78, 5) is 16.7. The number of nitrogens with zero attached hydrogens (tertiary/aromatic N) is 2. The number of aromatic nitrogens is 1. The molecule has 0 atom stereocenters. The number of hydrogen-bond donors (Lipinski definition) is 0. The normalized spacial score (nSPS) is 8.50. The van der Waals surface area contributed by atoms with Crippen LogP contribution in [0.1, 0.15) is 0 Å². The van der Waals surface area contributed by atoms with Crippen molar-refractivity contribution in [1.29, 1.82) is 0 Å². The zero-order valence-corrected chi connectivity index (χ0v) is 5.67. The van der Waals surface area contributed by atoms with Crippen LogP contribution in [0.2, 0.25) is 5.15 Å². The fourth-order valence-electron chi connectivity index (χ4n) is 0.487. The number of rotatable bonds is 1. The van der Waals surface area contributed by atoms with E-state index < -0.39 is 0 Å². The standard InChI is InChI=1S/C6H3ClN2O/c7-6-2-1-5(3-8-6)9-4-10/h1-3H. The SMILES string of the molecule is O=C=Nc1ccc(Cl)nc1. The maximum Gasteiger partial charge on any atom is 0.240 e. The van der Waals surface area contributed by atoms with Gasteiger partial charge >= 0.3 is 0 Å². The van der Waals surface area contributed by atoms with Gasteiger partial charge in [0.1, 0.15) is 5.15 Å². The smallest absolute Gasteiger partial charge is 0.240 e. The molecule has 10 heavy (non-hydrogen) atoms. The number of aliphatic imine (C=N–C) groups is 1. The molecular weight excluding hydrogens is 152 g/mol. The average molecular weight is 155 g/mol. The van der Waals surface area contributed by atoms with Gasteiger partial charge in [-0.2, -0.15) is 4.99 Å². The molecule has 0 radical (unpaired) electrons. The van der Waals surface area contributed by atoms with Crippen molar-refractivity contribution in [2.24, 2.45) is 4.99 Å². The van der Waals surface area contributed by atoms with Gasteiger partial charge in [0, 0.05) is 0 Å². The summed E-state index contributed by atoms with van der Waals surface area (Å²) < 4.78 is 0. The number of isocyanates is 1. The molecule has 0 unspecified atom stereocenters. The van der Waals surface area contributed by atoms with Crippen LogP contribution in [-0.2, 0) is 4.79 Å². The molecule has 0 aromatic carbocycles. The summed E-state index contributed by atoms with van der Waals surface area (Å²) in [5.41, 5.74) is 0.458. The second kappa shape index (κ2) is 3.11. The third kappa shape index (κ3) is 1.65. The van der Waals surface area contributed by atoms with Crippen LogP contribution in [-0.4, -0.2) is 11.1 Å². The van der Waals surface area contributed by atoms with Crippen LogP contribution < -0.4 is 0 Å². The molecule has 1 aromatic heterocycles. The van der Waals surface area contributed by atoms with E-state index in [1.165, 1.54) is 12.3 Å². The minimum Gasteiger partial charge on any atom is -0.242 e. The van der Waals surface area contributed by atoms with Gasteiger partial charge in [-0.25, -0.2) is 9.78 Å². The van der Waals surface area contributed by atoms with Crippen LogP contribution >= 0.6 is 11.6 Å². The first-order valence-corrected chi connectivity index (χ1v) is 2.90. The molecule has 1 heterocycles. The van der Waals surface area contributed by atoms with Crippen molar-refractivity contribution in [2.75, 3.05) is 0 Å². The van der Waals surface area contributed by atoms with E-state index >= 15 is 0 Å². The fraction of sp³-hybridized carbons (Fsp3) is 0. The molecule has 0 aliphatic heterocycles. The largest absolute Gasteiger partial charge is 0.242 e. The van der Waals surface area contributed by atoms with Crippen LogP contribution in [0.3, 0.4) is 0 Å². The maximum atomic E-state index is 9.71. The first kappa shape index (κ1) is 6.93. The Bertz CT molecular complexity index is 264. The molecule has 0 saturated carbocycles. The van der Waals surface area contributed by atoms with Crippen molar-refractivity contribution in [3.8, 4) is 0 Å². The van der Waals surface area contributed by atoms with Gasteiger partial charge in [-0.05, 0) is 12.1 Å². The van der Waals surface area contributed by atoms with E-state index in [0.717, 1.165) is 0 Å². The van der Waals surface area contributed by atoms with E-state index in [-0.39, 0.29) is 0 Å². The zero-order chi connectivity index (χ0) is 7.40. The first-order valence-electron chi connectivity index (χ1n) is 2.52. The Morgan fingerprint density at radius 3 is 2.90 bits per heavy atom. The Morgan fingerprint density at radius 2 is 2.40 bits per heavy atom. The quantitative estimate of drug-likeness (QED) is 0.351. The van der Waals surface area contributed by atoms with Crippen molar-refractivity contribution in [3.63, 3.8) is 0 Å². The Morgan fingerprint density at radius 1 is 1.60 bits per heavy atom. The molecule has 1 rings (SSSR count).